The lowest BCUT2D eigenvalue weighted by Gasteiger charge is -2.15. The number of hydrogen-bond acceptors (Lipinski definition) is 4. The average molecular weight is 251 g/mol. The van der Waals surface area contributed by atoms with Crippen LogP contribution in [0.5, 0.6) is 5.75 Å². The van der Waals surface area contributed by atoms with Crippen molar-refractivity contribution in [2.45, 2.75) is 12.5 Å². The topological polar surface area (TPSA) is 92.8 Å². The summed E-state index contributed by atoms with van der Waals surface area (Å²) < 4.78 is 39.4. The quantitative estimate of drug-likeness (QED) is 0.704. The number of nitrogen functional groups attached to an aromatic ring is 1. The molecular formula is C9H8F3NO4. The Bertz CT molecular complexity index is 433. The molecule has 1 aromatic rings. The molecule has 5 nitrogen and oxygen atoms in total. The van der Waals surface area contributed by atoms with E-state index in [1.807, 2.05) is 0 Å². The van der Waals surface area contributed by atoms with Crippen LogP contribution in [0.2, 0.25) is 0 Å². The Kier molecular flexibility index (Phi) is 3.47. The number of aliphatic hydroxyl groups is 1. The van der Waals surface area contributed by atoms with Crippen LogP contribution in [-0.4, -0.2) is 22.5 Å². The zero-order valence-corrected chi connectivity index (χ0v) is 8.23. The summed E-state index contributed by atoms with van der Waals surface area (Å²) in [6.07, 6.45) is -6.95. The molecule has 0 aliphatic carbocycles. The second-order valence-electron chi connectivity index (χ2n) is 3.05. The van der Waals surface area contributed by atoms with Gasteiger partial charge in [0, 0.05) is 5.56 Å². The first-order chi connectivity index (χ1) is 7.72. The number of aliphatic hydroxyl groups excluding tert-OH is 1. The van der Waals surface area contributed by atoms with Crippen LogP contribution in [-0.2, 0) is 4.79 Å². The standard InChI is InChI=1S/C9H8F3NO4/c10-9(11,12)17-5-3-1-2-4(6(5)13)7(14)8(15)16/h1-3,7,14H,13H2,(H,15,16). The summed E-state index contributed by atoms with van der Waals surface area (Å²) in [6, 6.07) is 3.11. The Morgan fingerprint density at radius 1 is 1.41 bits per heavy atom. The van der Waals surface area contributed by atoms with Gasteiger partial charge in [-0.15, -0.1) is 13.2 Å². The van der Waals surface area contributed by atoms with E-state index < -0.39 is 29.9 Å². The molecule has 94 valence electrons. The highest BCUT2D eigenvalue weighted by Gasteiger charge is 2.33. The molecule has 0 aliphatic rings. The predicted octanol–water partition coefficient (Wildman–Crippen LogP) is 1.29. The minimum atomic E-state index is -4.94. The van der Waals surface area contributed by atoms with Crippen molar-refractivity contribution < 1.29 is 32.9 Å². The van der Waals surface area contributed by atoms with E-state index in [-0.39, 0.29) is 5.56 Å². The Morgan fingerprint density at radius 3 is 2.47 bits per heavy atom. The molecule has 0 heterocycles. The lowest BCUT2D eigenvalue weighted by molar-refractivity contribution is -0.274. The van der Waals surface area contributed by atoms with Crippen molar-refractivity contribution in [3.63, 3.8) is 0 Å². The number of nitrogens with two attached hydrogens (primary N) is 1. The fourth-order valence-electron chi connectivity index (χ4n) is 1.15. The summed E-state index contributed by atoms with van der Waals surface area (Å²) in [5, 5.41) is 17.7. The van der Waals surface area contributed by atoms with Crippen LogP contribution in [0.1, 0.15) is 11.7 Å². The first kappa shape index (κ1) is 13.1. The van der Waals surface area contributed by atoms with E-state index in [0.717, 1.165) is 18.2 Å². The summed E-state index contributed by atoms with van der Waals surface area (Å²) in [5.41, 5.74) is 4.35. The number of rotatable bonds is 3. The highest BCUT2D eigenvalue weighted by molar-refractivity contribution is 5.78. The molecule has 0 bridgehead atoms. The molecule has 0 aliphatic heterocycles. The molecule has 0 saturated carbocycles. The van der Waals surface area contributed by atoms with Crippen LogP contribution < -0.4 is 10.5 Å². The number of carboxylic acids is 1. The number of alkyl halides is 3. The normalized spacial score (nSPS) is 13.2. The van der Waals surface area contributed by atoms with Gasteiger partial charge in [0.2, 0.25) is 0 Å². The molecule has 1 rings (SSSR count). The maximum Gasteiger partial charge on any atom is 0.573 e. The second-order valence-corrected chi connectivity index (χ2v) is 3.05. The van der Waals surface area contributed by atoms with Gasteiger partial charge in [-0.3, -0.25) is 0 Å². The average Bonchev–Trinajstić information content (AvgIpc) is 2.18. The van der Waals surface area contributed by atoms with Crippen LogP contribution in [0.3, 0.4) is 0 Å². The van der Waals surface area contributed by atoms with Gasteiger partial charge in [-0.1, -0.05) is 12.1 Å². The highest BCUT2D eigenvalue weighted by atomic mass is 19.4. The number of ether oxygens (including phenoxy) is 1. The van der Waals surface area contributed by atoms with Crippen LogP contribution in [0.25, 0.3) is 0 Å². The number of anilines is 1. The molecule has 1 aromatic carbocycles. The van der Waals surface area contributed by atoms with Gasteiger partial charge in [0.15, 0.2) is 11.9 Å². The molecule has 0 aromatic heterocycles. The maximum atomic E-state index is 12.0. The first-order valence-corrected chi connectivity index (χ1v) is 4.27. The number of aliphatic carboxylic acids is 1. The molecule has 8 heteroatoms. The molecule has 1 unspecified atom stereocenters. The first-order valence-electron chi connectivity index (χ1n) is 4.27. The monoisotopic (exact) mass is 251 g/mol. The number of carboxylic acid groups (broad SMARTS) is 1. The lowest BCUT2D eigenvalue weighted by Crippen LogP contribution is -2.19. The Morgan fingerprint density at radius 2 is 2.00 bits per heavy atom. The van der Waals surface area contributed by atoms with Gasteiger partial charge in [-0.25, -0.2) is 4.79 Å². The fourth-order valence-corrected chi connectivity index (χ4v) is 1.15. The van der Waals surface area contributed by atoms with E-state index in [4.69, 9.17) is 10.8 Å². The predicted molar refractivity (Wildman–Crippen MR) is 50.1 cm³/mol. The highest BCUT2D eigenvalue weighted by Crippen LogP contribution is 2.33. The molecule has 1 atom stereocenters. The number of carbonyl (C=O) groups is 1. The van der Waals surface area contributed by atoms with Gasteiger partial charge in [0.1, 0.15) is 0 Å². The Hall–Kier alpha value is -1.96. The van der Waals surface area contributed by atoms with Crippen molar-refractivity contribution >= 4 is 11.7 Å². The van der Waals surface area contributed by atoms with Crippen LogP contribution in [0.4, 0.5) is 18.9 Å². The number of halogens is 3. The van der Waals surface area contributed by atoms with E-state index >= 15 is 0 Å². The van der Waals surface area contributed by atoms with E-state index in [0.29, 0.717) is 0 Å². The molecule has 0 fully saturated rings. The summed E-state index contributed by atoms with van der Waals surface area (Å²) in [6.45, 7) is 0. The van der Waals surface area contributed by atoms with Crippen LogP contribution in [0, 0.1) is 0 Å². The van der Waals surface area contributed by atoms with Gasteiger partial charge >= 0.3 is 12.3 Å². The molecular weight excluding hydrogens is 243 g/mol. The maximum absolute atomic E-state index is 12.0. The van der Waals surface area contributed by atoms with Crippen molar-refractivity contribution in [3.8, 4) is 5.75 Å². The van der Waals surface area contributed by atoms with Crippen molar-refractivity contribution in [2.24, 2.45) is 0 Å². The lowest BCUT2D eigenvalue weighted by atomic mass is 10.1. The van der Waals surface area contributed by atoms with Crippen molar-refractivity contribution in [3.05, 3.63) is 23.8 Å². The second kappa shape index (κ2) is 4.50. The SMILES string of the molecule is Nc1c(OC(F)(F)F)cccc1C(O)C(=O)O. The Labute approximate surface area is 93.2 Å². The number of benzene rings is 1. The summed E-state index contributed by atoms with van der Waals surface area (Å²) in [4.78, 5) is 10.5. The summed E-state index contributed by atoms with van der Waals surface area (Å²) in [7, 11) is 0. The largest absolute Gasteiger partial charge is 0.573 e. The van der Waals surface area contributed by atoms with E-state index in [1.165, 1.54) is 0 Å². The van der Waals surface area contributed by atoms with Crippen molar-refractivity contribution in [2.75, 3.05) is 5.73 Å². The third kappa shape index (κ3) is 3.25. The Balaban J connectivity index is 3.12. The third-order valence-electron chi connectivity index (χ3n) is 1.85. The summed E-state index contributed by atoms with van der Waals surface area (Å²) >= 11 is 0. The van der Waals surface area contributed by atoms with Crippen molar-refractivity contribution in [1.82, 2.24) is 0 Å². The van der Waals surface area contributed by atoms with E-state index in [1.54, 1.807) is 0 Å². The fraction of sp³-hybridized carbons (Fsp3) is 0.222. The zero-order chi connectivity index (χ0) is 13.2. The minimum absolute atomic E-state index is 0.362. The third-order valence-corrected chi connectivity index (χ3v) is 1.85. The van der Waals surface area contributed by atoms with Gasteiger partial charge in [-0.05, 0) is 6.07 Å². The van der Waals surface area contributed by atoms with Gasteiger partial charge in [0.05, 0.1) is 5.69 Å². The molecule has 0 saturated heterocycles. The van der Waals surface area contributed by atoms with Gasteiger partial charge < -0.3 is 20.7 Å². The van der Waals surface area contributed by atoms with E-state index in [2.05, 4.69) is 4.74 Å². The van der Waals surface area contributed by atoms with E-state index in [9.17, 15) is 23.1 Å². The van der Waals surface area contributed by atoms with Crippen molar-refractivity contribution in [1.29, 1.82) is 0 Å². The molecule has 0 amide bonds. The summed E-state index contributed by atoms with van der Waals surface area (Å²) in [5.74, 6) is -2.38. The van der Waals surface area contributed by atoms with Crippen LogP contribution in [0.15, 0.2) is 18.2 Å². The van der Waals surface area contributed by atoms with Gasteiger partial charge in [-0.2, -0.15) is 0 Å². The molecule has 0 spiro atoms. The molecule has 4 N–H and O–H groups in total. The number of hydrogen-bond donors (Lipinski definition) is 3. The minimum Gasteiger partial charge on any atom is -0.479 e. The zero-order valence-electron chi connectivity index (χ0n) is 8.23. The molecule has 0 radical (unpaired) electrons. The van der Waals surface area contributed by atoms with Crippen LogP contribution >= 0.6 is 0 Å². The van der Waals surface area contributed by atoms with Gasteiger partial charge in [0.25, 0.3) is 0 Å². The molecule has 17 heavy (non-hydrogen) atoms. The smallest absolute Gasteiger partial charge is 0.479 e. The number of para-hydroxylation sites is 1.